The minimum absolute atomic E-state index is 0.103. The number of carbonyl (C=O) groups is 1. The highest BCUT2D eigenvalue weighted by Gasteiger charge is 2.27. The second-order valence-electron chi connectivity index (χ2n) is 5.66. The van der Waals surface area contributed by atoms with Crippen molar-refractivity contribution < 1.29 is 9.18 Å². The van der Waals surface area contributed by atoms with E-state index in [4.69, 9.17) is 11.6 Å². The predicted octanol–water partition coefficient (Wildman–Crippen LogP) is 2.79. The minimum atomic E-state index is -0.472. The zero-order valence-corrected chi connectivity index (χ0v) is 13.8. The van der Waals surface area contributed by atoms with E-state index < -0.39 is 5.82 Å². The molecule has 0 saturated heterocycles. The number of amides is 1. The predicted molar refractivity (Wildman–Crippen MR) is 89.4 cm³/mol. The molecule has 0 radical (unpaired) electrons. The number of pyridine rings is 1. The highest BCUT2D eigenvalue weighted by Crippen LogP contribution is 2.23. The Bertz CT molecular complexity index is 943. The van der Waals surface area contributed by atoms with Crippen LogP contribution in [0.2, 0.25) is 5.02 Å². The van der Waals surface area contributed by atoms with Crippen LogP contribution in [0.15, 0.2) is 42.6 Å². The lowest BCUT2D eigenvalue weighted by molar-refractivity contribution is 0.0708. The van der Waals surface area contributed by atoms with Crippen LogP contribution >= 0.6 is 11.6 Å². The Morgan fingerprint density at radius 2 is 2.04 bits per heavy atom. The maximum Gasteiger partial charge on any atom is 0.255 e. The molecular weight excluding hydrogens is 345 g/mol. The van der Waals surface area contributed by atoms with Gasteiger partial charge in [-0.2, -0.15) is 0 Å². The summed E-state index contributed by atoms with van der Waals surface area (Å²) in [7, 11) is 0. The van der Waals surface area contributed by atoms with Gasteiger partial charge in [0.2, 0.25) is 0 Å². The quantitative estimate of drug-likeness (QED) is 0.707. The van der Waals surface area contributed by atoms with E-state index in [1.807, 2.05) is 22.8 Å². The maximum absolute atomic E-state index is 13.2. The van der Waals surface area contributed by atoms with Crippen LogP contribution in [0.4, 0.5) is 4.39 Å². The Kier molecular flexibility index (Phi) is 3.93. The first-order valence-electron chi connectivity index (χ1n) is 7.71. The molecule has 8 heteroatoms. The molecule has 1 aliphatic heterocycles. The van der Waals surface area contributed by atoms with Gasteiger partial charge in [0.15, 0.2) is 11.6 Å². The van der Waals surface area contributed by atoms with E-state index in [0.717, 1.165) is 11.8 Å². The number of aromatic nitrogens is 4. The fraction of sp³-hybridized carbons (Fsp3) is 0.176. The van der Waals surface area contributed by atoms with E-state index in [-0.39, 0.29) is 16.5 Å². The molecular formula is C17H13ClFN5O. The first kappa shape index (κ1) is 15.7. The van der Waals surface area contributed by atoms with Crippen LogP contribution in [0.1, 0.15) is 16.2 Å². The van der Waals surface area contributed by atoms with Crippen molar-refractivity contribution in [2.24, 2.45) is 0 Å². The van der Waals surface area contributed by atoms with E-state index >= 15 is 0 Å². The van der Waals surface area contributed by atoms with Crippen molar-refractivity contribution in [2.75, 3.05) is 6.54 Å². The summed E-state index contributed by atoms with van der Waals surface area (Å²) in [6.45, 7) is 1.35. The Morgan fingerprint density at radius 1 is 1.16 bits per heavy atom. The summed E-state index contributed by atoms with van der Waals surface area (Å²) >= 11 is 6.00. The molecule has 1 amide bonds. The molecule has 0 bridgehead atoms. The second-order valence-corrected chi connectivity index (χ2v) is 6.06. The number of carbonyl (C=O) groups excluding carboxylic acids is 1. The lowest BCUT2D eigenvalue weighted by Crippen LogP contribution is -2.38. The molecule has 6 nitrogen and oxygen atoms in total. The van der Waals surface area contributed by atoms with Crippen LogP contribution in [0.3, 0.4) is 0 Å². The van der Waals surface area contributed by atoms with Gasteiger partial charge < -0.3 is 9.47 Å². The Hall–Kier alpha value is -2.80. The molecule has 2 aromatic heterocycles. The fourth-order valence-electron chi connectivity index (χ4n) is 2.85. The average molecular weight is 358 g/mol. The van der Waals surface area contributed by atoms with Gasteiger partial charge >= 0.3 is 0 Å². The smallest absolute Gasteiger partial charge is 0.255 e. The van der Waals surface area contributed by atoms with E-state index in [0.29, 0.717) is 31.3 Å². The zero-order valence-electron chi connectivity index (χ0n) is 13.1. The number of halogens is 2. The second kappa shape index (κ2) is 6.25. The van der Waals surface area contributed by atoms with Crippen molar-refractivity contribution in [2.45, 2.75) is 13.1 Å². The first-order valence-corrected chi connectivity index (χ1v) is 8.09. The molecule has 0 spiro atoms. The van der Waals surface area contributed by atoms with Gasteiger partial charge in [-0.25, -0.2) is 4.39 Å². The van der Waals surface area contributed by atoms with Gasteiger partial charge in [0, 0.05) is 19.3 Å². The van der Waals surface area contributed by atoms with Crippen LogP contribution in [0, 0.1) is 5.82 Å². The molecule has 0 fully saturated rings. The summed E-state index contributed by atoms with van der Waals surface area (Å²) in [4.78, 5) is 18.6. The fourth-order valence-corrected chi connectivity index (χ4v) is 3.10. The third kappa shape index (κ3) is 2.87. The summed E-state index contributed by atoms with van der Waals surface area (Å²) in [5.41, 5.74) is 1.02. The number of hydrogen-bond acceptors (Lipinski definition) is 4. The Labute approximate surface area is 147 Å². The van der Waals surface area contributed by atoms with Crippen LogP contribution in [0.5, 0.6) is 0 Å². The number of hydrogen-bond donors (Lipinski definition) is 0. The molecule has 3 aromatic rings. The van der Waals surface area contributed by atoms with Gasteiger partial charge in [-0.3, -0.25) is 9.78 Å². The van der Waals surface area contributed by atoms with E-state index in [1.54, 1.807) is 11.1 Å². The normalized spacial score (nSPS) is 13.6. The molecule has 0 atom stereocenters. The topological polar surface area (TPSA) is 63.9 Å². The largest absolute Gasteiger partial charge is 0.329 e. The molecule has 0 aliphatic carbocycles. The first-order chi connectivity index (χ1) is 12.1. The molecule has 25 heavy (non-hydrogen) atoms. The molecule has 0 saturated carbocycles. The highest BCUT2D eigenvalue weighted by molar-refractivity contribution is 6.33. The van der Waals surface area contributed by atoms with Gasteiger partial charge in [-0.05, 0) is 30.3 Å². The Morgan fingerprint density at radius 3 is 2.80 bits per heavy atom. The molecule has 0 N–H and O–H groups in total. The molecule has 4 rings (SSSR count). The van der Waals surface area contributed by atoms with Gasteiger partial charge in [0.25, 0.3) is 5.91 Å². The van der Waals surface area contributed by atoms with Crippen LogP contribution < -0.4 is 0 Å². The average Bonchev–Trinajstić information content (AvgIpc) is 3.05. The van der Waals surface area contributed by atoms with Gasteiger partial charge in [-0.1, -0.05) is 17.7 Å². The number of rotatable bonds is 2. The molecule has 3 heterocycles. The molecule has 126 valence electrons. The standard InChI is InChI=1S/C17H13ClFN5O/c18-13-9-11(19)4-5-12(13)17(25)23-7-8-24-15(10-23)21-22-16(24)14-3-1-2-6-20-14/h1-6,9H,7-8,10H2. The molecule has 1 aliphatic rings. The lowest BCUT2D eigenvalue weighted by Gasteiger charge is -2.28. The third-order valence-electron chi connectivity index (χ3n) is 4.10. The van der Waals surface area contributed by atoms with Gasteiger partial charge in [0.1, 0.15) is 11.5 Å². The van der Waals surface area contributed by atoms with Crippen LogP contribution in [-0.4, -0.2) is 37.1 Å². The monoisotopic (exact) mass is 357 g/mol. The van der Waals surface area contributed by atoms with Crippen LogP contribution in [0.25, 0.3) is 11.5 Å². The molecule has 0 unspecified atom stereocenters. The number of fused-ring (bicyclic) bond motifs is 1. The summed E-state index contributed by atoms with van der Waals surface area (Å²) in [5, 5.41) is 8.49. The number of nitrogens with zero attached hydrogens (tertiary/aromatic N) is 5. The van der Waals surface area contributed by atoms with Crippen molar-refractivity contribution in [3.05, 3.63) is 64.8 Å². The van der Waals surface area contributed by atoms with Crippen molar-refractivity contribution >= 4 is 17.5 Å². The SMILES string of the molecule is O=C(c1ccc(F)cc1Cl)N1CCn2c(nnc2-c2ccccn2)C1. The lowest BCUT2D eigenvalue weighted by atomic mass is 10.1. The van der Waals surface area contributed by atoms with Crippen molar-refractivity contribution in [1.29, 1.82) is 0 Å². The van der Waals surface area contributed by atoms with E-state index in [1.165, 1.54) is 12.1 Å². The van der Waals surface area contributed by atoms with Gasteiger partial charge in [0.05, 0.1) is 17.1 Å². The maximum atomic E-state index is 13.2. The zero-order chi connectivity index (χ0) is 17.4. The summed E-state index contributed by atoms with van der Waals surface area (Å²) in [5.74, 6) is 0.638. The minimum Gasteiger partial charge on any atom is -0.329 e. The summed E-state index contributed by atoms with van der Waals surface area (Å²) in [6.07, 6.45) is 1.70. The van der Waals surface area contributed by atoms with Gasteiger partial charge in [-0.15, -0.1) is 10.2 Å². The molecule has 1 aromatic carbocycles. The van der Waals surface area contributed by atoms with Crippen molar-refractivity contribution in [3.63, 3.8) is 0 Å². The summed E-state index contributed by atoms with van der Waals surface area (Å²) < 4.78 is 15.1. The van der Waals surface area contributed by atoms with Crippen molar-refractivity contribution in [3.8, 4) is 11.5 Å². The van der Waals surface area contributed by atoms with E-state index in [2.05, 4.69) is 15.2 Å². The summed E-state index contributed by atoms with van der Waals surface area (Å²) in [6, 6.07) is 9.36. The third-order valence-corrected chi connectivity index (χ3v) is 4.41. The Balaban J connectivity index is 1.60. The van der Waals surface area contributed by atoms with Crippen LogP contribution in [-0.2, 0) is 13.1 Å². The number of benzene rings is 1. The van der Waals surface area contributed by atoms with E-state index in [9.17, 15) is 9.18 Å². The van der Waals surface area contributed by atoms with Crippen molar-refractivity contribution in [1.82, 2.24) is 24.6 Å². The highest BCUT2D eigenvalue weighted by atomic mass is 35.5.